The van der Waals surface area contributed by atoms with E-state index in [1.54, 1.807) is 7.11 Å². The van der Waals surface area contributed by atoms with Crippen LogP contribution in [-0.2, 0) is 0 Å². The van der Waals surface area contributed by atoms with Crippen molar-refractivity contribution in [2.75, 3.05) is 7.11 Å². The number of methoxy groups -OCH3 is 1. The number of ether oxygens (including phenoxy) is 1. The van der Waals surface area contributed by atoms with Crippen molar-refractivity contribution in [1.82, 2.24) is 9.97 Å². The highest BCUT2D eigenvalue weighted by Gasteiger charge is 2.05. The summed E-state index contributed by atoms with van der Waals surface area (Å²) in [7, 11) is 1.60. The lowest BCUT2D eigenvalue weighted by Crippen LogP contribution is -1.91. The summed E-state index contributed by atoms with van der Waals surface area (Å²) in [4.78, 5) is 8.19. The van der Waals surface area contributed by atoms with E-state index in [4.69, 9.17) is 27.9 Å². The maximum atomic E-state index is 5.81. The Morgan fingerprint density at radius 3 is 2.38 bits per heavy atom. The fourth-order valence-electron chi connectivity index (χ4n) is 1.28. The van der Waals surface area contributed by atoms with Gasteiger partial charge in [0.2, 0.25) is 0 Å². The zero-order valence-electron chi connectivity index (χ0n) is 8.45. The molecule has 2 rings (SSSR count). The molecule has 0 bridgehead atoms. The van der Waals surface area contributed by atoms with Crippen LogP contribution >= 0.6 is 23.2 Å². The fourth-order valence-corrected chi connectivity index (χ4v) is 1.70. The van der Waals surface area contributed by atoms with Gasteiger partial charge in [0.25, 0.3) is 0 Å². The maximum absolute atomic E-state index is 5.81. The van der Waals surface area contributed by atoms with E-state index in [0.717, 1.165) is 11.3 Å². The van der Waals surface area contributed by atoms with Crippen molar-refractivity contribution in [3.05, 3.63) is 40.6 Å². The van der Waals surface area contributed by atoms with E-state index in [0.29, 0.717) is 16.1 Å². The first-order valence-corrected chi connectivity index (χ1v) is 5.29. The summed E-state index contributed by atoms with van der Waals surface area (Å²) in [5.74, 6) is 1.22. The molecule has 0 spiro atoms. The van der Waals surface area contributed by atoms with E-state index in [9.17, 15) is 0 Å². The zero-order chi connectivity index (χ0) is 11.5. The Hall–Kier alpha value is -1.32. The average Bonchev–Trinajstić information content (AvgIpc) is 2.28. The van der Waals surface area contributed by atoms with Gasteiger partial charge in [-0.3, -0.25) is 0 Å². The number of rotatable bonds is 2. The first-order chi connectivity index (χ1) is 7.69. The Morgan fingerprint density at radius 2 is 1.75 bits per heavy atom. The van der Waals surface area contributed by atoms with Crippen LogP contribution in [0.1, 0.15) is 0 Å². The molecule has 0 aliphatic rings. The average molecular weight is 255 g/mol. The van der Waals surface area contributed by atoms with Gasteiger partial charge in [0.15, 0.2) is 5.82 Å². The largest absolute Gasteiger partial charge is 0.497 e. The second kappa shape index (κ2) is 4.68. The predicted octanol–water partition coefficient (Wildman–Crippen LogP) is 3.46. The number of benzene rings is 1. The molecule has 1 aromatic carbocycles. The molecular weight excluding hydrogens is 247 g/mol. The van der Waals surface area contributed by atoms with Gasteiger partial charge in [0, 0.05) is 11.6 Å². The summed E-state index contributed by atoms with van der Waals surface area (Å²) in [6.07, 6.45) is 0. The minimum Gasteiger partial charge on any atom is -0.497 e. The molecular formula is C11H8Cl2N2O. The van der Waals surface area contributed by atoms with Gasteiger partial charge in [-0.05, 0) is 12.1 Å². The van der Waals surface area contributed by atoms with Crippen molar-refractivity contribution in [3.63, 3.8) is 0 Å². The lowest BCUT2D eigenvalue weighted by atomic mass is 10.2. The van der Waals surface area contributed by atoms with Crippen LogP contribution in [0, 0.1) is 0 Å². The highest BCUT2D eigenvalue weighted by Crippen LogP contribution is 2.23. The number of hydrogen-bond acceptors (Lipinski definition) is 3. The molecule has 16 heavy (non-hydrogen) atoms. The zero-order valence-corrected chi connectivity index (χ0v) is 9.96. The van der Waals surface area contributed by atoms with Crippen LogP contribution < -0.4 is 4.74 Å². The van der Waals surface area contributed by atoms with Gasteiger partial charge in [-0.2, -0.15) is 0 Å². The van der Waals surface area contributed by atoms with Crippen LogP contribution in [-0.4, -0.2) is 17.1 Å². The maximum Gasteiger partial charge on any atom is 0.162 e. The standard InChI is InChI=1S/C11H8Cl2N2O/c1-16-8-4-2-3-7(5-8)11-14-9(12)6-10(13)15-11/h2-6H,1H3. The summed E-state index contributed by atoms with van der Waals surface area (Å²) in [6.45, 7) is 0. The Morgan fingerprint density at radius 1 is 1.06 bits per heavy atom. The van der Waals surface area contributed by atoms with Gasteiger partial charge in [-0.25, -0.2) is 9.97 Å². The summed E-state index contributed by atoms with van der Waals surface area (Å²) in [5.41, 5.74) is 0.809. The second-order valence-corrected chi connectivity index (χ2v) is 3.84. The van der Waals surface area contributed by atoms with Crippen molar-refractivity contribution >= 4 is 23.2 Å². The lowest BCUT2D eigenvalue weighted by Gasteiger charge is -2.04. The van der Waals surface area contributed by atoms with Crippen molar-refractivity contribution in [1.29, 1.82) is 0 Å². The Labute approximate surface area is 103 Å². The van der Waals surface area contributed by atoms with Gasteiger partial charge >= 0.3 is 0 Å². The third-order valence-corrected chi connectivity index (χ3v) is 2.38. The third kappa shape index (κ3) is 2.43. The lowest BCUT2D eigenvalue weighted by molar-refractivity contribution is 0.415. The molecule has 2 aromatic rings. The summed E-state index contributed by atoms with van der Waals surface area (Å²) in [6, 6.07) is 8.88. The van der Waals surface area contributed by atoms with Crippen LogP contribution in [0.3, 0.4) is 0 Å². The number of halogens is 2. The molecule has 0 saturated carbocycles. The molecule has 5 heteroatoms. The Kier molecular flexibility index (Phi) is 3.27. The number of nitrogens with zero attached hydrogens (tertiary/aromatic N) is 2. The molecule has 0 unspecified atom stereocenters. The molecule has 0 N–H and O–H groups in total. The van der Waals surface area contributed by atoms with E-state index >= 15 is 0 Å². The first kappa shape index (κ1) is 11.2. The molecule has 1 aromatic heterocycles. The van der Waals surface area contributed by atoms with Crippen LogP contribution in [0.2, 0.25) is 10.3 Å². The second-order valence-electron chi connectivity index (χ2n) is 3.07. The van der Waals surface area contributed by atoms with Gasteiger partial charge < -0.3 is 4.74 Å². The SMILES string of the molecule is COc1cccc(-c2nc(Cl)cc(Cl)n2)c1. The third-order valence-electron chi connectivity index (χ3n) is 1.99. The van der Waals surface area contributed by atoms with E-state index in [-0.39, 0.29) is 0 Å². The molecule has 0 amide bonds. The van der Waals surface area contributed by atoms with Crippen LogP contribution in [0.5, 0.6) is 5.75 Å². The van der Waals surface area contributed by atoms with Gasteiger partial charge in [0.1, 0.15) is 16.1 Å². The topological polar surface area (TPSA) is 35.0 Å². The smallest absolute Gasteiger partial charge is 0.162 e. The van der Waals surface area contributed by atoms with Crippen LogP contribution in [0.15, 0.2) is 30.3 Å². The predicted molar refractivity (Wildman–Crippen MR) is 64.0 cm³/mol. The minimum atomic E-state index is 0.317. The number of aromatic nitrogens is 2. The normalized spacial score (nSPS) is 10.2. The van der Waals surface area contributed by atoms with Crippen LogP contribution in [0.25, 0.3) is 11.4 Å². The molecule has 0 fully saturated rings. The van der Waals surface area contributed by atoms with E-state index in [2.05, 4.69) is 9.97 Å². The molecule has 0 aliphatic heterocycles. The highest BCUT2D eigenvalue weighted by atomic mass is 35.5. The molecule has 0 atom stereocenters. The summed E-state index contributed by atoms with van der Waals surface area (Å²) >= 11 is 11.6. The molecule has 3 nitrogen and oxygen atoms in total. The van der Waals surface area contributed by atoms with Crippen LogP contribution in [0.4, 0.5) is 0 Å². The Balaban J connectivity index is 2.49. The monoisotopic (exact) mass is 254 g/mol. The van der Waals surface area contributed by atoms with Gasteiger partial charge in [-0.15, -0.1) is 0 Å². The number of hydrogen-bond donors (Lipinski definition) is 0. The molecule has 1 heterocycles. The molecule has 0 radical (unpaired) electrons. The van der Waals surface area contributed by atoms with E-state index in [1.165, 1.54) is 6.07 Å². The van der Waals surface area contributed by atoms with Gasteiger partial charge in [0.05, 0.1) is 7.11 Å². The molecule has 0 saturated heterocycles. The summed E-state index contributed by atoms with van der Waals surface area (Å²) < 4.78 is 5.12. The fraction of sp³-hybridized carbons (Fsp3) is 0.0909. The van der Waals surface area contributed by atoms with Crippen molar-refractivity contribution < 1.29 is 4.74 Å². The first-order valence-electron chi connectivity index (χ1n) is 4.53. The van der Waals surface area contributed by atoms with Crippen molar-refractivity contribution in [2.45, 2.75) is 0 Å². The Bertz CT molecular complexity index is 497. The van der Waals surface area contributed by atoms with Gasteiger partial charge in [-0.1, -0.05) is 35.3 Å². The highest BCUT2D eigenvalue weighted by molar-refractivity contribution is 6.33. The van der Waals surface area contributed by atoms with Crippen molar-refractivity contribution in [2.24, 2.45) is 0 Å². The quantitative estimate of drug-likeness (QED) is 0.771. The molecule has 0 aliphatic carbocycles. The van der Waals surface area contributed by atoms with E-state index in [1.807, 2.05) is 24.3 Å². The minimum absolute atomic E-state index is 0.317. The van der Waals surface area contributed by atoms with E-state index < -0.39 is 0 Å². The summed E-state index contributed by atoms with van der Waals surface area (Å²) in [5, 5.41) is 0.635. The van der Waals surface area contributed by atoms with Crippen molar-refractivity contribution in [3.8, 4) is 17.1 Å². The molecule has 82 valence electrons.